The van der Waals surface area contributed by atoms with E-state index in [1.807, 2.05) is 32.1 Å². The van der Waals surface area contributed by atoms with Gasteiger partial charge in [0.15, 0.2) is 0 Å². The number of hydrogen-bond donors (Lipinski definition) is 0. The van der Waals surface area contributed by atoms with E-state index < -0.39 is 0 Å². The maximum atomic E-state index is 3.89. The molecule has 1 nitrogen and oxygen atoms in total. The van der Waals surface area contributed by atoms with Crippen LogP contribution in [0.4, 0.5) is 0 Å². The average molecular weight is 109 g/mol. The molecule has 0 aromatic heterocycles. The lowest BCUT2D eigenvalue weighted by Crippen LogP contribution is -1.57. The van der Waals surface area contributed by atoms with Crippen molar-refractivity contribution in [1.82, 2.24) is 0 Å². The minimum atomic E-state index is 1.75. The van der Waals surface area contributed by atoms with E-state index in [0.717, 1.165) is 0 Å². The minimum absolute atomic E-state index is 1.75. The number of hydrogen-bond acceptors (Lipinski definition) is 1. The van der Waals surface area contributed by atoms with Gasteiger partial charge in [-0.05, 0) is 19.9 Å². The summed E-state index contributed by atoms with van der Waals surface area (Å²) in [6.07, 6.45) is 9.22. The maximum absolute atomic E-state index is 3.89. The quantitative estimate of drug-likeness (QED) is 0.482. The second-order valence-corrected chi connectivity index (χ2v) is 1.31. The molecule has 0 heterocycles. The predicted octanol–water partition coefficient (Wildman–Crippen LogP) is 2.17. The SMILES string of the molecule is C\C=C/C=N\C=C/C. The molecule has 0 N–H and O–H groups in total. The molecule has 0 aromatic rings. The fourth-order valence-corrected chi connectivity index (χ4v) is 0.272. The van der Waals surface area contributed by atoms with Crippen LogP contribution in [0.15, 0.2) is 29.4 Å². The number of rotatable bonds is 2. The zero-order valence-corrected chi connectivity index (χ0v) is 5.33. The fraction of sp³-hybridized carbons (Fsp3) is 0.286. The molecule has 0 unspecified atom stereocenters. The highest BCUT2D eigenvalue weighted by atomic mass is 14.6. The van der Waals surface area contributed by atoms with Gasteiger partial charge in [-0.15, -0.1) is 0 Å². The highest BCUT2D eigenvalue weighted by molar-refractivity contribution is 5.71. The Morgan fingerprint density at radius 3 is 2.38 bits per heavy atom. The van der Waals surface area contributed by atoms with Crippen molar-refractivity contribution in [2.75, 3.05) is 0 Å². The van der Waals surface area contributed by atoms with Gasteiger partial charge >= 0.3 is 0 Å². The molecule has 0 spiro atoms. The second kappa shape index (κ2) is 6.15. The Hall–Kier alpha value is -0.850. The van der Waals surface area contributed by atoms with E-state index in [1.165, 1.54) is 0 Å². The Bertz CT molecular complexity index is 95.6. The lowest BCUT2D eigenvalue weighted by atomic mass is 10.6. The van der Waals surface area contributed by atoms with Gasteiger partial charge in [0.2, 0.25) is 0 Å². The van der Waals surface area contributed by atoms with Crippen LogP contribution in [0, 0.1) is 0 Å². The van der Waals surface area contributed by atoms with Gasteiger partial charge in [0, 0.05) is 12.4 Å². The molecule has 0 bridgehead atoms. The van der Waals surface area contributed by atoms with Gasteiger partial charge in [-0.3, -0.25) is 4.99 Å². The summed E-state index contributed by atoms with van der Waals surface area (Å²) in [6, 6.07) is 0. The molecule has 0 aromatic carbocycles. The Morgan fingerprint density at radius 2 is 1.88 bits per heavy atom. The fourth-order valence-electron chi connectivity index (χ4n) is 0.272. The van der Waals surface area contributed by atoms with Gasteiger partial charge in [-0.25, -0.2) is 0 Å². The standard InChI is InChI=1S/C7H11N/c1-3-5-7-8-6-4-2/h3-7H,1-2H3/b5-3-,6-4-,8-7-. The van der Waals surface area contributed by atoms with E-state index in [1.54, 1.807) is 12.4 Å². The van der Waals surface area contributed by atoms with Crippen molar-refractivity contribution in [3.05, 3.63) is 24.4 Å². The highest BCUT2D eigenvalue weighted by Crippen LogP contribution is 1.71. The molecule has 0 amide bonds. The van der Waals surface area contributed by atoms with Crippen LogP contribution in [-0.4, -0.2) is 6.21 Å². The van der Waals surface area contributed by atoms with Crippen molar-refractivity contribution < 1.29 is 0 Å². The van der Waals surface area contributed by atoms with Crippen LogP contribution in [0.25, 0.3) is 0 Å². The van der Waals surface area contributed by atoms with E-state index in [4.69, 9.17) is 0 Å². The van der Waals surface area contributed by atoms with E-state index in [-0.39, 0.29) is 0 Å². The van der Waals surface area contributed by atoms with Crippen LogP contribution in [0.5, 0.6) is 0 Å². The Kier molecular flexibility index (Phi) is 5.50. The highest BCUT2D eigenvalue weighted by Gasteiger charge is 1.55. The smallest absolute Gasteiger partial charge is 0.0264 e. The number of allylic oxidation sites excluding steroid dienone is 3. The first-order valence-electron chi connectivity index (χ1n) is 2.67. The summed E-state index contributed by atoms with van der Waals surface area (Å²) in [6.45, 7) is 3.90. The third kappa shape index (κ3) is 5.15. The molecule has 8 heavy (non-hydrogen) atoms. The van der Waals surface area contributed by atoms with E-state index in [2.05, 4.69) is 4.99 Å². The van der Waals surface area contributed by atoms with Crippen LogP contribution < -0.4 is 0 Å². The predicted molar refractivity (Wildman–Crippen MR) is 38.1 cm³/mol. The lowest BCUT2D eigenvalue weighted by molar-refractivity contribution is 1.55. The first-order valence-corrected chi connectivity index (χ1v) is 2.67. The summed E-state index contributed by atoms with van der Waals surface area (Å²) in [5.41, 5.74) is 0. The zero-order valence-electron chi connectivity index (χ0n) is 5.33. The molecule has 1 heteroatoms. The van der Waals surface area contributed by atoms with Crippen molar-refractivity contribution in [2.24, 2.45) is 4.99 Å². The second-order valence-electron chi connectivity index (χ2n) is 1.31. The Balaban J connectivity index is 3.35. The summed E-state index contributed by atoms with van der Waals surface area (Å²) in [7, 11) is 0. The molecule has 0 aliphatic rings. The largest absolute Gasteiger partial charge is 0.265 e. The Morgan fingerprint density at radius 1 is 1.12 bits per heavy atom. The van der Waals surface area contributed by atoms with E-state index in [9.17, 15) is 0 Å². The molecule has 0 aliphatic heterocycles. The number of aliphatic imine (C=N–C) groups is 1. The third-order valence-corrected chi connectivity index (χ3v) is 0.600. The molecule has 0 saturated heterocycles. The molecular weight excluding hydrogens is 98.1 g/mol. The van der Waals surface area contributed by atoms with Crippen molar-refractivity contribution in [3.8, 4) is 0 Å². The summed E-state index contributed by atoms with van der Waals surface area (Å²) < 4.78 is 0. The third-order valence-electron chi connectivity index (χ3n) is 0.600. The van der Waals surface area contributed by atoms with E-state index in [0.29, 0.717) is 0 Å². The monoisotopic (exact) mass is 109 g/mol. The molecular formula is C7H11N. The molecule has 44 valence electrons. The van der Waals surface area contributed by atoms with Crippen LogP contribution in [0.3, 0.4) is 0 Å². The van der Waals surface area contributed by atoms with Gasteiger partial charge in [-0.2, -0.15) is 0 Å². The van der Waals surface area contributed by atoms with Crippen LogP contribution in [0.2, 0.25) is 0 Å². The summed E-state index contributed by atoms with van der Waals surface area (Å²) in [5.74, 6) is 0. The zero-order chi connectivity index (χ0) is 6.24. The van der Waals surface area contributed by atoms with Gasteiger partial charge in [0.05, 0.1) is 0 Å². The first-order chi connectivity index (χ1) is 3.91. The van der Waals surface area contributed by atoms with Crippen LogP contribution >= 0.6 is 0 Å². The van der Waals surface area contributed by atoms with Crippen molar-refractivity contribution >= 4 is 6.21 Å². The van der Waals surface area contributed by atoms with Gasteiger partial charge in [0.25, 0.3) is 0 Å². The Labute approximate surface area is 50.4 Å². The lowest BCUT2D eigenvalue weighted by Gasteiger charge is -1.69. The topological polar surface area (TPSA) is 12.4 Å². The normalized spacial score (nSPS) is 12.8. The molecule has 0 fully saturated rings. The first kappa shape index (κ1) is 7.15. The summed E-state index contributed by atoms with van der Waals surface area (Å²) in [4.78, 5) is 3.89. The van der Waals surface area contributed by atoms with Crippen molar-refractivity contribution in [3.63, 3.8) is 0 Å². The number of nitrogens with zero attached hydrogens (tertiary/aromatic N) is 1. The summed E-state index contributed by atoms with van der Waals surface area (Å²) in [5, 5.41) is 0. The van der Waals surface area contributed by atoms with Crippen LogP contribution in [0.1, 0.15) is 13.8 Å². The average Bonchev–Trinajstić information content (AvgIpc) is 1.81. The van der Waals surface area contributed by atoms with Crippen LogP contribution in [-0.2, 0) is 0 Å². The molecule has 0 radical (unpaired) electrons. The van der Waals surface area contributed by atoms with Gasteiger partial charge < -0.3 is 0 Å². The van der Waals surface area contributed by atoms with Crippen molar-refractivity contribution in [1.29, 1.82) is 0 Å². The summed E-state index contributed by atoms with van der Waals surface area (Å²) >= 11 is 0. The van der Waals surface area contributed by atoms with Gasteiger partial charge in [0.1, 0.15) is 0 Å². The van der Waals surface area contributed by atoms with E-state index >= 15 is 0 Å². The van der Waals surface area contributed by atoms with Crippen molar-refractivity contribution in [2.45, 2.75) is 13.8 Å². The minimum Gasteiger partial charge on any atom is -0.265 e. The molecule has 0 rings (SSSR count). The molecule has 0 aliphatic carbocycles. The molecule has 0 saturated carbocycles. The molecule has 0 atom stereocenters. The maximum Gasteiger partial charge on any atom is 0.0264 e. The van der Waals surface area contributed by atoms with Gasteiger partial charge in [-0.1, -0.05) is 12.2 Å².